The zero-order valence-electron chi connectivity index (χ0n) is 10.9. The van der Waals surface area contributed by atoms with E-state index in [1.54, 1.807) is 0 Å². The zero-order valence-corrected chi connectivity index (χ0v) is 10.9. The molecule has 1 rings (SSSR count). The summed E-state index contributed by atoms with van der Waals surface area (Å²) in [5.41, 5.74) is 1.30. The van der Waals surface area contributed by atoms with Gasteiger partial charge in [0.2, 0.25) is 0 Å². The molecule has 0 saturated heterocycles. The van der Waals surface area contributed by atoms with Crippen LogP contribution >= 0.6 is 0 Å². The number of nitrogens with one attached hydrogen (secondary N) is 1. The molecular formula is C13H25N3. The third-order valence-electron chi connectivity index (χ3n) is 2.84. The van der Waals surface area contributed by atoms with Gasteiger partial charge >= 0.3 is 0 Å². The zero-order chi connectivity index (χ0) is 11.8. The maximum atomic E-state index is 4.39. The maximum absolute atomic E-state index is 4.39. The predicted octanol–water partition coefficient (Wildman–Crippen LogP) is 3.13. The minimum Gasteiger partial charge on any atom is -0.310 e. The van der Waals surface area contributed by atoms with Crippen molar-refractivity contribution in [3.05, 3.63) is 18.0 Å². The summed E-state index contributed by atoms with van der Waals surface area (Å²) in [5, 5.41) is 7.87. The van der Waals surface area contributed by atoms with Crippen LogP contribution in [0.5, 0.6) is 0 Å². The molecule has 0 fully saturated rings. The van der Waals surface area contributed by atoms with Crippen LogP contribution in [0.2, 0.25) is 0 Å². The van der Waals surface area contributed by atoms with Gasteiger partial charge in [0.05, 0.1) is 6.20 Å². The average molecular weight is 223 g/mol. The van der Waals surface area contributed by atoms with Crippen molar-refractivity contribution in [1.82, 2.24) is 15.1 Å². The molecule has 1 N–H and O–H groups in total. The van der Waals surface area contributed by atoms with Crippen LogP contribution < -0.4 is 5.32 Å². The third-order valence-corrected chi connectivity index (χ3v) is 2.84. The lowest BCUT2D eigenvalue weighted by atomic mass is 10.2. The molecule has 0 saturated carbocycles. The monoisotopic (exact) mass is 223 g/mol. The van der Waals surface area contributed by atoms with Crippen LogP contribution in [0.15, 0.2) is 12.4 Å². The molecule has 1 aromatic rings. The van der Waals surface area contributed by atoms with E-state index in [0.29, 0.717) is 6.04 Å². The van der Waals surface area contributed by atoms with Gasteiger partial charge in [0.1, 0.15) is 0 Å². The van der Waals surface area contributed by atoms with Gasteiger partial charge in [-0.25, -0.2) is 0 Å². The summed E-state index contributed by atoms with van der Waals surface area (Å²) in [6, 6.07) is 0.417. The number of unbranched alkanes of at least 4 members (excludes halogenated alkanes) is 2. The lowest BCUT2D eigenvalue weighted by molar-refractivity contribution is 0.547. The highest BCUT2D eigenvalue weighted by atomic mass is 15.3. The van der Waals surface area contributed by atoms with E-state index in [0.717, 1.165) is 13.1 Å². The van der Waals surface area contributed by atoms with Crippen molar-refractivity contribution in [2.75, 3.05) is 6.54 Å². The van der Waals surface area contributed by atoms with Crippen LogP contribution in [-0.4, -0.2) is 16.3 Å². The Hall–Kier alpha value is -0.830. The summed E-state index contributed by atoms with van der Waals surface area (Å²) in [6.07, 6.45) is 9.12. The number of aryl methyl sites for hydroxylation is 1. The minimum atomic E-state index is 0.417. The molecule has 0 aliphatic carbocycles. The van der Waals surface area contributed by atoms with Crippen molar-refractivity contribution in [3.8, 4) is 0 Å². The molecule has 0 amide bonds. The molecule has 1 heterocycles. The van der Waals surface area contributed by atoms with E-state index in [1.165, 1.54) is 31.2 Å². The van der Waals surface area contributed by atoms with E-state index in [-0.39, 0.29) is 0 Å². The highest BCUT2D eigenvalue weighted by Gasteiger charge is 2.06. The fraction of sp³-hybridized carbons (Fsp3) is 0.769. The molecule has 3 nitrogen and oxygen atoms in total. The van der Waals surface area contributed by atoms with Gasteiger partial charge in [-0.05, 0) is 26.3 Å². The van der Waals surface area contributed by atoms with Crippen LogP contribution in [0.4, 0.5) is 0 Å². The third kappa shape index (κ3) is 4.35. The molecule has 16 heavy (non-hydrogen) atoms. The van der Waals surface area contributed by atoms with E-state index in [9.17, 15) is 0 Å². The van der Waals surface area contributed by atoms with Crippen LogP contribution in [0.25, 0.3) is 0 Å². The molecule has 0 aliphatic rings. The van der Waals surface area contributed by atoms with Crippen molar-refractivity contribution < 1.29 is 0 Å². The van der Waals surface area contributed by atoms with Crippen molar-refractivity contribution in [3.63, 3.8) is 0 Å². The minimum absolute atomic E-state index is 0.417. The van der Waals surface area contributed by atoms with E-state index in [1.807, 2.05) is 6.20 Å². The molecule has 1 unspecified atom stereocenters. The number of hydrogen-bond acceptors (Lipinski definition) is 2. The second-order valence-corrected chi connectivity index (χ2v) is 4.42. The summed E-state index contributed by atoms with van der Waals surface area (Å²) in [5.74, 6) is 0. The summed E-state index contributed by atoms with van der Waals surface area (Å²) in [4.78, 5) is 0. The van der Waals surface area contributed by atoms with Gasteiger partial charge in [-0.1, -0.05) is 26.7 Å². The Morgan fingerprint density at radius 1 is 1.31 bits per heavy atom. The van der Waals surface area contributed by atoms with E-state index < -0.39 is 0 Å². The van der Waals surface area contributed by atoms with Gasteiger partial charge in [0.25, 0.3) is 0 Å². The second-order valence-electron chi connectivity index (χ2n) is 4.42. The molecule has 92 valence electrons. The van der Waals surface area contributed by atoms with Crippen LogP contribution in [-0.2, 0) is 6.54 Å². The Bertz CT molecular complexity index is 280. The molecular weight excluding hydrogens is 198 g/mol. The Kier molecular flexibility index (Phi) is 6.16. The van der Waals surface area contributed by atoms with Gasteiger partial charge in [-0.15, -0.1) is 0 Å². The van der Waals surface area contributed by atoms with Gasteiger partial charge in [-0.3, -0.25) is 4.68 Å². The molecule has 0 spiro atoms. The fourth-order valence-electron chi connectivity index (χ4n) is 1.73. The first-order chi connectivity index (χ1) is 7.77. The number of aromatic nitrogens is 2. The Morgan fingerprint density at radius 3 is 2.81 bits per heavy atom. The second kappa shape index (κ2) is 7.44. The summed E-state index contributed by atoms with van der Waals surface area (Å²) >= 11 is 0. The Morgan fingerprint density at radius 2 is 2.12 bits per heavy atom. The lowest BCUT2D eigenvalue weighted by Gasteiger charge is -2.10. The van der Waals surface area contributed by atoms with Gasteiger partial charge < -0.3 is 5.32 Å². The predicted molar refractivity (Wildman–Crippen MR) is 68.5 cm³/mol. The largest absolute Gasteiger partial charge is 0.310 e. The maximum Gasteiger partial charge on any atom is 0.0537 e. The standard InChI is InChI=1S/C13H25N3/c1-4-6-7-9-16-11-13(10-15-16)12(3)14-8-5-2/h10-12,14H,4-9H2,1-3H3. The highest BCUT2D eigenvalue weighted by molar-refractivity contribution is 5.08. The molecule has 3 heteroatoms. The van der Waals surface area contributed by atoms with Crippen molar-refractivity contribution >= 4 is 0 Å². The normalized spacial score (nSPS) is 12.9. The summed E-state index contributed by atoms with van der Waals surface area (Å²) in [6.45, 7) is 8.73. The molecule has 0 bridgehead atoms. The number of rotatable bonds is 8. The quantitative estimate of drug-likeness (QED) is 0.686. The number of nitrogens with zero attached hydrogens (tertiary/aromatic N) is 2. The van der Waals surface area contributed by atoms with Crippen molar-refractivity contribution in [2.24, 2.45) is 0 Å². The van der Waals surface area contributed by atoms with Gasteiger partial charge in [-0.2, -0.15) is 5.10 Å². The first kappa shape index (κ1) is 13.2. The van der Waals surface area contributed by atoms with E-state index in [2.05, 4.69) is 42.1 Å². The molecule has 0 radical (unpaired) electrons. The summed E-state index contributed by atoms with van der Waals surface area (Å²) < 4.78 is 2.06. The smallest absolute Gasteiger partial charge is 0.0537 e. The molecule has 1 aromatic heterocycles. The molecule has 0 aromatic carbocycles. The molecule has 0 aliphatic heterocycles. The van der Waals surface area contributed by atoms with E-state index in [4.69, 9.17) is 0 Å². The highest BCUT2D eigenvalue weighted by Crippen LogP contribution is 2.11. The SMILES string of the molecule is CCCCCn1cc(C(C)NCCC)cn1. The van der Waals surface area contributed by atoms with E-state index >= 15 is 0 Å². The summed E-state index contributed by atoms with van der Waals surface area (Å²) in [7, 11) is 0. The van der Waals surface area contributed by atoms with Crippen LogP contribution in [0.3, 0.4) is 0 Å². The fourth-order valence-corrected chi connectivity index (χ4v) is 1.73. The van der Waals surface area contributed by atoms with Crippen LogP contribution in [0, 0.1) is 0 Å². The van der Waals surface area contributed by atoms with Gasteiger partial charge in [0.15, 0.2) is 0 Å². The first-order valence-electron chi connectivity index (χ1n) is 6.53. The Labute approximate surface area is 99.2 Å². The lowest BCUT2D eigenvalue weighted by Crippen LogP contribution is -2.18. The van der Waals surface area contributed by atoms with Crippen LogP contribution in [0.1, 0.15) is 58.1 Å². The Balaban J connectivity index is 2.37. The first-order valence-corrected chi connectivity index (χ1v) is 6.53. The molecule has 1 atom stereocenters. The van der Waals surface area contributed by atoms with Gasteiger partial charge in [0, 0.05) is 24.3 Å². The topological polar surface area (TPSA) is 29.9 Å². The average Bonchev–Trinajstić information content (AvgIpc) is 2.75. The number of hydrogen-bond donors (Lipinski definition) is 1. The van der Waals surface area contributed by atoms with Crippen molar-refractivity contribution in [2.45, 2.75) is 59.0 Å². The van der Waals surface area contributed by atoms with Crippen molar-refractivity contribution in [1.29, 1.82) is 0 Å².